The monoisotopic (exact) mass is 309 g/mol. The van der Waals surface area contributed by atoms with Crippen molar-refractivity contribution in [3.8, 4) is 0 Å². The van der Waals surface area contributed by atoms with Crippen LogP contribution in [0.5, 0.6) is 0 Å². The van der Waals surface area contributed by atoms with Crippen LogP contribution in [0, 0.1) is 21.7 Å². The summed E-state index contributed by atoms with van der Waals surface area (Å²) in [6, 6.07) is 2.84. The first-order valence-electron chi connectivity index (χ1n) is 6.48. The smallest absolute Gasteiger partial charge is 0.353 e. The van der Waals surface area contributed by atoms with Gasteiger partial charge in [-0.25, -0.2) is 18.7 Å². The molecule has 22 heavy (non-hydrogen) atoms. The van der Waals surface area contributed by atoms with E-state index in [9.17, 15) is 18.9 Å². The molecule has 2 N–H and O–H groups in total. The van der Waals surface area contributed by atoms with Gasteiger partial charge in [0, 0.05) is 12.6 Å². The van der Waals surface area contributed by atoms with Crippen LogP contribution in [-0.4, -0.2) is 21.4 Å². The summed E-state index contributed by atoms with van der Waals surface area (Å²) in [5.74, 6) is -1.77. The molecule has 0 atom stereocenters. The minimum Gasteiger partial charge on any atom is -0.364 e. The number of hydrogen-bond acceptors (Lipinski definition) is 6. The standard InChI is InChI=1S/C13H13F2N5O2/c1-2-5-16-12-11(20(21)22)13(18-7-17-12)19-10-4-3-8(14)6-9(10)15/h3-4,6-7H,2,5H2,1H3,(H2,16,17,18,19). The molecule has 1 heterocycles. The highest BCUT2D eigenvalue weighted by molar-refractivity contribution is 5.73. The first-order valence-corrected chi connectivity index (χ1v) is 6.48. The van der Waals surface area contributed by atoms with E-state index < -0.39 is 22.2 Å². The van der Waals surface area contributed by atoms with E-state index in [-0.39, 0.29) is 17.3 Å². The average molecular weight is 309 g/mol. The predicted octanol–water partition coefficient (Wildman–Crippen LogP) is 3.23. The number of aromatic nitrogens is 2. The number of rotatable bonds is 6. The van der Waals surface area contributed by atoms with Crippen molar-refractivity contribution in [3.63, 3.8) is 0 Å². The van der Waals surface area contributed by atoms with Gasteiger partial charge in [-0.1, -0.05) is 6.92 Å². The largest absolute Gasteiger partial charge is 0.364 e. The number of halogens is 2. The number of anilines is 3. The van der Waals surface area contributed by atoms with Gasteiger partial charge in [-0.05, 0) is 18.6 Å². The molecule has 0 radical (unpaired) electrons. The first-order chi connectivity index (χ1) is 10.5. The molecule has 0 unspecified atom stereocenters. The predicted molar refractivity (Wildman–Crippen MR) is 77.1 cm³/mol. The van der Waals surface area contributed by atoms with E-state index in [0.717, 1.165) is 24.9 Å². The molecule has 1 aromatic carbocycles. The third kappa shape index (κ3) is 3.43. The summed E-state index contributed by atoms with van der Waals surface area (Å²) in [7, 11) is 0. The first kappa shape index (κ1) is 15.5. The number of benzene rings is 1. The minimum atomic E-state index is -0.879. The number of nitro groups is 1. The highest BCUT2D eigenvalue weighted by Crippen LogP contribution is 2.31. The van der Waals surface area contributed by atoms with Crippen LogP contribution in [0.2, 0.25) is 0 Å². The quantitative estimate of drug-likeness (QED) is 0.628. The summed E-state index contributed by atoms with van der Waals surface area (Å²) >= 11 is 0. The normalized spacial score (nSPS) is 10.3. The van der Waals surface area contributed by atoms with Crippen LogP contribution in [0.4, 0.5) is 31.8 Å². The van der Waals surface area contributed by atoms with E-state index >= 15 is 0 Å². The summed E-state index contributed by atoms with van der Waals surface area (Å²) in [5.41, 5.74) is -0.524. The van der Waals surface area contributed by atoms with E-state index in [0.29, 0.717) is 12.6 Å². The second kappa shape index (κ2) is 6.74. The molecule has 0 saturated carbocycles. The Labute approximate surface area is 124 Å². The summed E-state index contributed by atoms with van der Waals surface area (Å²) < 4.78 is 26.5. The Morgan fingerprint density at radius 1 is 1.27 bits per heavy atom. The lowest BCUT2D eigenvalue weighted by atomic mass is 10.3. The van der Waals surface area contributed by atoms with Gasteiger partial charge in [-0.2, -0.15) is 0 Å². The Morgan fingerprint density at radius 2 is 2.00 bits per heavy atom. The van der Waals surface area contributed by atoms with Crippen LogP contribution in [0.25, 0.3) is 0 Å². The zero-order chi connectivity index (χ0) is 16.1. The summed E-state index contributed by atoms with van der Waals surface area (Å²) in [6.45, 7) is 2.38. The lowest BCUT2D eigenvalue weighted by Crippen LogP contribution is -2.09. The van der Waals surface area contributed by atoms with Gasteiger partial charge in [0.15, 0.2) is 0 Å². The number of hydrogen-bond donors (Lipinski definition) is 2. The van der Waals surface area contributed by atoms with Crippen molar-refractivity contribution in [2.75, 3.05) is 17.2 Å². The zero-order valence-electron chi connectivity index (χ0n) is 11.6. The molecule has 0 spiro atoms. The molecule has 0 aliphatic rings. The fraction of sp³-hybridized carbons (Fsp3) is 0.231. The van der Waals surface area contributed by atoms with Gasteiger partial charge in [0.2, 0.25) is 11.6 Å². The van der Waals surface area contributed by atoms with Gasteiger partial charge < -0.3 is 10.6 Å². The molecule has 9 heteroatoms. The lowest BCUT2D eigenvalue weighted by Gasteiger charge is -2.10. The van der Waals surface area contributed by atoms with Crippen LogP contribution < -0.4 is 10.6 Å². The van der Waals surface area contributed by atoms with E-state index in [1.807, 2.05) is 6.92 Å². The molecule has 0 aliphatic heterocycles. The van der Waals surface area contributed by atoms with Gasteiger partial charge in [0.1, 0.15) is 18.0 Å². The second-order valence-electron chi connectivity index (χ2n) is 4.35. The second-order valence-corrected chi connectivity index (χ2v) is 4.35. The van der Waals surface area contributed by atoms with Gasteiger partial charge >= 0.3 is 5.69 Å². The molecule has 1 aromatic heterocycles. The molecular formula is C13H13F2N5O2. The van der Waals surface area contributed by atoms with Gasteiger partial charge in [-0.15, -0.1) is 0 Å². The van der Waals surface area contributed by atoms with E-state index in [1.165, 1.54) is 0 Å². The molecule has 0 bridgehead atoms. The Hall–Kier alpha value is -2.84. The molecule has 2 aromatic rings. The SMILES string of the molecule is CCCNc1ncnc(Nc2ccc(F)cc2F)c1[N+](=O)[O-]. The number of nitrogens with one attached hydrogen (secondary N) is 2. The summed E-state index contributed by atoms with van der Waals surface area (Å²) in [4.78, 5) is 18.1. The fourth-order valence-corrected chi connectivity index (χ4v) is 1.73. The van der Waals surface area contributed by atoms with Crippen molar-refractivity contribution in [2.24, 2.45) is 0 Å². The third-order valence-electron chi connectivity index (χ3n) is 2.73. The molecule has 7 nitrogen and oxygen atoms in total. The van der Waals surface area contributed by atoms with Crippen molar-refractivity contribution in [2.45, 2.75) is 13.3 Å². The van der Waals surface area contributed by atoms with Crippen molar-refractivity contribution in [1.29, 1.82) is 0 Å². The highest BCUT2D eigenvalue weighted by atomic mass is 19.1. The molecular weight excluding hydrogens is 296 g/mol. The third-order valence-corrected chi connectivity index (χ3v) is 2.73. The lowest BCUT2D eigenvalue weighted by molar-refractivity contribution is -0.383. The highest BCUT2D eigenvalue weighted by Gasteiger charge is 2.23. The molecule has 0 saturated heterocycles. The van der Waals surface area contributed by atoms with Crippen molar-refractivity contribution < 1.29 is 13.7 Å². The Balaban J connectivity index is 2.39. The number of nitrogens with zero attached hydrogens (tertiary/aromatic N) is 3. The van der Waals surface area contributed by atoms with E-state index in [1.54, 1.807) is 0 Å². The summed E-state index contributed by atoms with van der Waals surface area (Å²) in [6.07, 6.45) is 1.87. The van der Waals surface area contributed by atoms with Gasteiger partial charge in [0.05, 0.1) is 10.6 Å². The Kier molecular flexibility index (Phi) is 4.77. The van der Waals surface area contributed by atoms with Crippen LogP contribution in [0.15, 0.2) is 24.5 Å². The molecule has 0 amide bonds. The fourth-order valence-electron chi connectivity index (χ4n) is 1.73. The van der Waals surface area contributed by atoms with Crippen LogP contribution >= 0.6 is 0 Å². The van der Waals surface area contributed by atoms with Crippen molar-refractivity contribution in [3.05, 3.63) is 46.3 Å². The molecule has 2 rings (SSSR count). The van der Waals surface area contributed by atoms with Gasteiger partial charge in [0.25, 0.3) is 0 Å². The zero-order valence-corrected chi connectivity index (χ0v) is 11.6. The van der Waals surface area contributed by atoms with E-state index in [4.69, 9.17) is 0 Å². The van der Waals surface area contributed by atoms with Gasteiger partial charge in [-0.3, -0.25) is 10.1 Å². The van der Waals surface area contributed by atoms with E-state index in [2.05, 4.69) is 20.6 Å². The molecule has 0 aliphatic carbocycles. The molecule has 116 valence electrons. The maximum atomic E-state index is 13.6. The van der Waals surface area contributed by atoms with Crippen LogP contribution in [-0.2, 0) is 0 Å². The van der Waals surface area contributed by atoms with Crippen LogP contribution in [0.1, 0.15) is 13.3 Å². The average Bonchev–Trinajstić information content (AvgIpc) is 2.47. The summed E-state index contributed by atoms with van der Waals surface area (Å²) in [5, 5.41) is 16.5. The Morgan fingerprint density at radius 3 is 2.64 bits per heavy atom. The van der Waals surface area contributed by atoms with Crippen molar-refractivity contribution in [1.82, 2.24) is 9.97 Å². The minimum absolute atomic E-state index is 0.0341. The molecule has 0 fully saturated rings. The maximum absolute atomic E-state index is 13.6. The topological polar surface area (TPSA) is 93.0 Å². The maximum Gasteiger partial charge on any atom is 0.353 e. The van der Waals surface area contributed by atoms with Crippen molar-refractivity contribution >= 4 is 23.0 Å². The Bertz CT molecular complexity index is 696. The van der Waals surface area contributed by atoms with Crippen LogP contribution in [0.3, 0.4) is 0 Å².